The normalized spacial score (nSPS) is 12.6. The summed E-state index contributed by atoms with van der Waals surface area (Å²) in [5.74, 6) is 0.874. The Bertz CT molecular complexity index is 557. The number of benzene rings is 2. The molecular weight excluding hydrogens is 318 g/mol. The number of nitrogens with one attached hydrogen (secondary N) is 1. The quantitative estimate of drug-likeness (QED) is 0.761. The molecule has 0 saturated carbocycles. The Labute approximate surface area is 128 Å². The van der Waals surface area contributed by atoms with Gasteiger partial charge in [0.1, 0.15) is 5.75 Å². The van der Waals surface area contributed by atoms with Crippen molar-refractivity contribution in [2.24, 2.45) is 0 Å². The van der Waals surface area contributed by atoms with Gasteiger partial charge in [0, 0.05) is 6.54 Å². The van der Waals surface area contributed by atoms with Gasteiger partial charge in [-0.15, -0.1) is 0 Å². The van der Waals surface area contributed by atoms with Crippen LogP contribution in [0.1, 0.15) is 13.3 Å². The number of rotatable bonds is 7. The van der Waals surface area contributed by atoms with Gasteiger partial charge in [0.25, 0.3) is 0 Å². The monoisotopic (exact) mass is 337 g/mol. The number of halogens is 1. The molecule has 2 aromatic rings. The van der Waals surface area contributed by atoms with Gasteiger partial charge in [-0.3, -0.25) is 0 Å². The van der Waals surface area contributed by atoms with Crippen molar-refractivity contribution in [2.45, 2.75) is 19.4 Å². The number of hydrogen-bond donors (Lipinski definition) is 2. The van der Waals surface area contributed by atoms with Crippen LogP contribution in [0.15, 0.2) is 40.9 Å². The van der Waals surface area contributed by atoms with E-state index >= 15 is 0 Å². The van der Waals surface area contributed by atoms with E-state index in [0.717, 1.165) is 28.6 Å². The predicted molar refractivity (Wildman–Crippen MR) is 86.3 cm³/mol. The van der Waals surface area contributed by atoms with E-state index < -0.39 is 0 Å². The molecule has 0 spiro atoms. The van der Waals surface area contributed by atoms with Crippen LogP contribution in [0.2, 0.25) is 0 Å². The molecule has 20 heavy (non-hydrogen) atoms. The number of fused-ring (bicyclic) bond motifs is 1. The fourth-order valence-electron chi connectivity index (χ4n) is 2.02. The Balaban J connectivity index is 1.86. The third-order valence-electron chi connectivity index (χ3n) is 3.02. The third kappa shape index (κ3) is 4.20. The van der Waals surface area contributed by atoms with Crippen LogP contribution in [-0.2, 0) is 0 Å². The first kappa shape index (κ1) is 15.3. The Morgan fingerprint density at radius 3 is 2.85 bits per heavy atom. The molecule has 0 aliphatic heterocycles. The minimum absolute atomic E-state index is 0.300. The second kappa shape index (κ2) is 7.62. The van der Waals surface area contributed by atoms with E-state index in [-0.39, 0.29) is 6.10 Å². The molecule has 0 aliphatic carbocycles. The molecule has 108 valence electrons. The fraction of sp³-hybridized carbons (Fsp3) is 0.375. The molecule has 0 fully saturated rings. The lowest BCUT2D eigenvalue weighted by molar-refractivity contribution is 0.190. The minimum atomic E-state index is -0.300. The number of aliphatic hydroxyl groups is 1. The lowest BCUT2D eigenvalue weighted by atomic mass is 10.1. The highest BCUT2D eigenvalue weighted by molar-refractivity contribution is 9.10. The highest BCUT2D eigenvalue weighted by atomic mass is 79.9. The number of aliphatic hydroxyl groups excluding tert-OH is 1. The van der Waals surface area contributed by atoms with Gasteiger partial charge in [-0.05, 0) is 52.7 Å². The van der Waals surface area contributed by atoms with Crippen LogP contribution < -0.4 is 10.1 Å². The van der Waals surface area contributed by atoms with E-state index in [1.54, 1.807) is 6.92 Å². The maximum absolute atomic E-state index is 9.12. The van der Waals surface area contributed by atoms with Crippen molar-refractivity contribution in [2.75, 3.05) is 19.7 Å². The first-order valence-corrected chi connectivity index (χ1v) is 7.66. The predicted octanol–water partition coefficient (Wildman–Crippen LogP) is 3.34. The Morgan fingerprint density at radius 1 is 1.25 bits per heavy atom. The lowest BCUT2D eigenvalue weighted by Gasteiger charge is -2.11. The minimum Gasteiger partial charge on any atom is -0.492 e. The fourth-order valence-corrected chi connectivity index (χ4v) is 2.62. The van der Waals surface area contributed by atoms with Gasteiger partial charge in [-0.1, -0.05) is 30.3 Å². The smallest absolute Gasteiger partial charge is 0.134 e. The summed E-state index contributed by atoms with van der Waals surface area (Å²) in [5, 5.41) is 14.7. The van der Waals surface area contributed by atoms with Crippen LogP contribution in [0.5, 0.6) is 5.75 Å². The molecule has 2 rings (SSSR count). The van der Waals surface area contributed by atoms with Gasteiger partial charge in [0.15, 0.2) is 0 Å². The Morgan fingerprint density at radius 2 is 2.05 bits per heavy atom. The van der Waals surface area contributed by atoms with E-state index in [1.165, 1.54) is 5.39 Å². The molecule has 4 heteroatoms. The van der Waals surface area contributed by atoms with Gasteiger partial charge in [0.2, 0.25) is 0 Å². The van der Waals surface area contributed by atoms with E-state index in [0.29, 0.717) is 13.2 Å². The second-order valence-electron chi connectivity index (χ2n) is 4.85. The highest BCUT2D eigenvalue weighted by Gasteiger charge is 2.05. The SMILES string of the molecule is C[C@@H](O)CNCCCOc1ccc2ccccc2c1Br. The van der Waals surface area contributed by atoms with Crippen LogP contribution in [0.25, 0.3) is 10.8 Å². The first-order valence-electron chi connectivity index (χ1n) is 6.87. The summed E-state index contributed by atoms with van der Waals surface area (Å²) in [5.41, 5.74) is 0. The van der Waals surface area contributed by atoms with Crippen molar-refractivity contribution in [3.63, 3.8) is 0 Å². The molecule has 0 saturated heterocycles. The molecule has 2 N–H and O–H groups in total. The topological polar surface area (TPSA) is 41.5 Å². The van der Waals surface area contributed by atoms with Gasteiger partial charge in [-0.25, -0.2) is 0 Å². The van der Waals surface area contributed by atoms with Gasteiger partial charge < -0.3 is 15.2 Å². The summed E-state index contributed by atoms with van der Waals surface area (Å²) in [4.78, 5) is 0. The summed E-state index contributed by atoms with van der Waals surface area (Å²) in [6.45, 7) is 3.90. The first-order chi connectivity index (χ1) is 9.68. The molecule has 1 atom stereocenters. The molecule has 0 aliphatic rings. The van der Waals surface area contributed by atoms with Crippen molar-refractivity contribution in [1.29, 1.82) is 0 Å². The van der Waals surface area contributed by atoms with Gasteiger partial charge in [0.05, 0.1) is 17.2 Å². The number of hydrogen-bond acceptors (Lipinski definition) is 3. The van der Waals surface area contributed by atoms with Crippen molar-refractivity contribution in [3.05, 3.63) is 40.9 Å². The maximum atomic E-state index is 9.12. The van der Waals surface area contributed by atoms with Crippen LogP contribution in [0.3, 0.4) is 0 Å². The standard InChI is InChI=1S/C16H20BrNO2/c1-12(19)11-18-9-4-10-20-15-8-7-13-5-2-3-6-14(13)16(15)17/h2-3,5-8,12,18-19H,4,9-11H2,1H3/t12-/m1/s1. The van der Waals surface area contributed by atoms with Crippen LogP contribution in [-0.4, -0.2) is 30.9 Å². The average Bonchev–Trinajstić information content (AvgIpc) is 2.45. The summed E-state index contributed by atoms with van der Waals surface area (Å²) in [6.07, 6.45) is 0.608. The van der Waals surface area contributed by atoms with Gasteiger partial charge >= 0.3 is 0 Å². The average molecular weight is 338 g/mol. The van der Waals surface area contributed by atoms with E-state index in [4.69, 9.17) is 9.84 Å². The van der Waals surface area contributed by atoms with E-state index in [2.05, 4.69) is 39.4 Å². The Hall–Kier alpha value is -1.10. The summed E-state index contributed by atoms with van der Waals surface area (Å²) in [6, 6.07) is 12.3. The molecule has 0 radical (unpaired) electrons. The van der Waals surface area contributed by atoms with E-state index in [1.807, 2.05) is 18.2 Å². The Kier molecular flexibility index (Phi) is 5.83. The van der Waals surface area contributed by atoms with Crippen molar-refractivity contribution >= 4 is 26.7 Å². The molecular formula is C16H20BrNO2. The van der Waals surface area contributed by atoms with E-state index in [9.17, 15) is 0 Å². The van der Waals surface area contributed by atoms with Crippen molar-refractivity contribution in [3.8, 4) is 5.75 Å². The second-order valence-corrected chi connectivity index (χ2v) is 5.65. The van der Waals surface area contributed by atoms with Crippen LogP contribution >= 0.6 is 15.9 Å². The zero-order valence-corrected chi connectivity index (χ0v) is 13.2. The van der Waals surface area contributed by atoms with Crippen LogP contribution in [0, 0.1) is 0 Å². The highest BCUT2D eigenvalue weighted by Crippen LogP contribution is 2.32. The summed E-state index contributed by atoms with van der Waals surface area (Å²) in [7, 11) is 0. The zero-order chi connectivity index (χ0) is 14.4. The van der Waals surface area contributed by atoms with Crippen molar-refractivity contribution < 1.29 is 9.84 Å². The molecule has 0 aromatic heterocycles. The number of ether oxygens (including phenoxy) is 1. The molecule has 0 heterocycles. The maximum Gasteiger partial charge on any atom is 0.134 e. The van der Waals surface area contributed by atoms with Gasteiger partial charge in [-0.2, -0.15) is 0 Å². The third-order valence-corrected chi connectivity index (χ3v) is 3.84. The molecule has 2 aromatic carbocycles. The van der Waals surface area contributed by atoms with Crippen LogP contribution in [0.4, 0.5) is 0 Å². The molecule has 0 amide bonds. The summed E-state index contributed by atoms with van der Waals surface area (Å²) >= 11 is 3.61. The molecule has 0 unspecified atom stereocenters. The lowest BCUT2D eigenvalue weighted by Crippen LogP contribution is -2.26. The summed E-state index contributed by atoms with van der Waals surface area (Å²) < 4.78 is 6.81. The molecule has 0 bridgehead atoms. The van der Waals surface area contributed by atoms with Crippen molar-refractivity contribution in [1.82, 2.24) is 5.32 Å². The molecule has 3 nitrogen and oxygen atoms in total. The largest absolute Gasteiger partial charge is 0.492 e. The zero-order valence-electron chi connectivity index (χ0n) is 11.6.